The maximum Gasteiger partial charge on any atom is 0.226 e. The van der Waals surface area contributed by atoms with Crippen LogP contribution >= 0.6 is 0 Å². The molecule has 2 unspecified atom stereocenters. The molecule has 1 amide bonds. The van der Waals surface area contributed by atoms with Crippen molar-refractivity contribution in [3.63, 3.8) is 0 Å². The number of likely N-dealkylation sites (N-methyl/N-ethyl adjacent to an activating group) is 1. The zero-order valence-corrected chi connectivity index (χ0v) is 12.7. The van der Waals surface area contributed by atoms with E-state index in [-0.39, 0.29) is 5.92 Å². The van der Waals surface area contributed by atoms with E-state index < -0.39 is 0 Å². The van der Waals surface area contributed by atoms with Crippen LogP contribution in [0.1, 0.15) is 25.0 Å². The molecule has 1 aliphatic carbocycles. The minimum Gasteiger partial charge on any atom is -0.337 e. The molecule has 3 heteroatoms. The summed E-state index contributed by atoms with van der Waals surface area (Å²) in [4.78, 5) is 17.3. The number of amides is 1. The summed E-state index contributed by atoms with van der Waals surface area (Å²) < 4.78 is 0. The van der Waals surface area contributed by atoms with Gasteiger partial charge in [0.05, 0.1) is 0 Å². The topological polar surface area (TPSA) is 23.6 Å². The molecule has 1 aromatic rings. The molecule has 1 heterocycles. The Morgan fingerprint density at radius 2 is 1.65 bits per heavy atom. The van der Waals surface area contributed by atoms with Gasteiger partial charge in [0.2, 0.25) is 5.91 Å². The summed E-state index contributed by atoms with van der Waals surface area (Å²) in [6.07, 6.45) is 1.84. The van der Waals surface area contributed by atoms with Crippen molar-refractivity contribution in [3.8, 4) is 0 Å². The Morgan fingerprint density at radius 3 is 2.25 bits per heavy atom. The lowest BCUT2D eigenvalue weighted by Gasteiger charge is -2.43. The van der Waals surface area contributed by atoms with Crippen molar-refractivity contribution >= 4 is 5.91 Å². The summed E-state index contributed by atoms with van der Waals surface area (Å²) in [6, 6.07) is 9.27. The molecule has 108 valence electrons. The fourth-order valence-corrected chi connectivity index (χ4v) is 3.57. The summed E-state index contributed by atoms with van der Waals surface area (Å²) in [5.41, 5.74) is 2.72. The zero-order valence-electron chi connectivity index (χ0n) is 12.7. The van der Waals surface area contributed by atoms with Crippen molar-refractivity contribution < 1.29 is 4.79 Å². The molecule has 1 aliphatic heterocycles. The Hall–Kier alpha value is -1.35. The van der Waals surface area contributed by atoms with Crippen molar-refractivity contribution in [3.05, 3.63) is 35.4 Å². The fourth-order valence-electron chi connectivity index (χ4n) is 3.57. The van der Waals surface area contributed by atoms with E-state index in [0.717, 1.165) is 25.9 Å². The van der Waals surface area contributed by atoms with Gasteiger partial charge in [0, 0.05) is 31.1 Å². The summed E-state index contributed by atoms with van der Waals surface area (Å²) in [5, 5.41) is 0. The minimum atomic E-state index is 0.158. The molecule has 20 heavy (non-hydrogen) atoms. The molecule has 2 aliphatic rings. The van der Waals surface area contributed by atoms with Gasteiger partial charge in [-0.05, 0) is 44.9 Å². The van der Waals surface area contributed by atoms with Crippen LogP contribution < -0.4 is 0 Å². The minimum absolute atomic E-state index is 0.158. The van der Waals surface area contributed by atoms with Crippen molar-refractivity contribution in [2.75, 3.05) is 20.1 Å². The molecule has 1 aromatic carbocycles. The summed E-state index contributed by atoms with van der Waals surface area (Å²) in [7, 11) is 2.15. The Balaban J connectivity index is 1.71. The van der Waals surface area contributed by atoms with Gasteiger partial charge in [-0.25, -0.2) is 0 Å². The smallest absolute Gasteiger partial charge is 0.226 e. The van der Waals surface area contributed by atoms with Gasteiger partial charge in [-0.1, -0.05) is 24.3 Å². The van der Waals surface area contributed by atoms with Gasteiger partial charge in [0.15, 0.2) is 0 Å². The third-order valence-electron chi connectivity index (χ3n) is 4.98. The van der Waals surface area contributed by atoms with Crippen molar-refractivity contribution in [1.29, 1.82) is 0 Å². The third-order valence-corrected chi connectivity index (χ3v) is 4.98. The summed E-state index contributed by atoms with van der Waals surface area (Å²) in [5.74, 6) is 0.513. The van der Waals surface area contributed by atoms with Gasteiger partial charge in [-0.2, -0.15) is 0 Å². The van der Waals surface area contributed by atoms with E-state index in [2.05, 4.69) is 55.0 Å². The predicted octanol–water partition coefficient (Wildman–Crippen LogP) is 1.95. The van der Waals surface area contributed by atoms with Crippen LogP contribution in [0.5, 0.6) is 0 Å². The Kier molecular flexibility index (Phi) is 3.55. The van der Waals surface area contributed by atoms with Crippen LogP contribution in [-0.4, -0.2) is 47.9 Å². The molecule has 1 saturated heterocycles. The van der Waals surface area contributed by atoms with Gasteiger partial charge in [-0.15, -0.1) is 0 Å². The maximum absolute atomic E-state index is 12.8. The number of carbonyl (C=O) groups excluding carboxylic acids is 1. The van der Waals surface area contributed by atoms with Crippen molar-refractivity contribution in [2.24, 2.45) is 5.92 Å². The monoisotopic (exact) mass is 272 g/mol. The van der Waals surface area contributed by atoms with Gasteiger partial charge in [0.1, 0.15) is 0 Å². The van der Waals surface area contributed by atoms with E-state index in [4.69, 9.17) is 0 Å². The SMILES string of the molecule is CC1CN(C(=O)C2Cc3ccccc3C2)C(C)CN1C. The largest absolute Gasteiger partial charge is 0.337 e. The molecule has 0 spiro atoms. The predicted molar refractivity (Wildman–Crippen MR) is 80.6 cm³/mol. The molecule has 3 rings (SSSR count). The van der Waals surface area contributed by atoms with Crippen LogP contribution in [0.3, 0.4) is 0 Å². The van der Waals surface area contributed by atoms with Crippen LogP contribution in [-0.2, 0) is 17.6 Å². The second kappa shape index (κ2) is 5.21. The maximum atomic E-state index is 12.8. The van der Waals surface area contributed by atoms with Crippen LogP contribution in [0.25, 0.3) is 0 Å². The second-order valence-electron chi connectivity index (χ2n) is 6.50. The first-order valence-electron chi connectivity index (χ1n) is 7.63. The molecular formula is C17H24N2O. The number of nitrogens with zero attached hydrogens (tertiary/aromatic N) is 2. The Bertz CT molecular complexity index is 488. The highest BCUT2D eigenvalue weighted by molar-refractivity contribution is 5.81. The Labute approximate surface area is 121 Å². The molecule has 0 saturated carbocycles. The standard InChI is InChI=1S/C17H24N2O/c1-12-11-19(13(2)10-18(12)3)17(20)16-8-14-6-4-5-7-15(14)9-16/h4-7,12-13,16H,8-11H2,1-3H3. The molecular weight excluding hydrogens is 248 g/mol. The lowest BCUT2D eigenvalue weighted by Crippen LogP contribution is -2.58. The van der Waals surface area contributed by atoms with E-state index in [1.807, 2.05) is 0 Å². The summed E-state index contributed by atoms with van der Waals surface area (Å²) in [6.45, 7) is 6.22. The summed E-state index contributed by atoms with van der Waals surface area (Å²) >= 11 is 0. The van der Waals surface area contributed by atoms with E-state index >= 15 is 0 Å². The van der Waals surface area contributed by atoms with Crippen LogP contribution in [0, 0.1) is 5.92 Å². The highest BCUT2D eigenvalue weighted by atomic mass is 16.2. The van der Waals surface area contributed by atoms with Crippen LogP contribution in [0.15, 0.2) is 24.3 Å². The number of hydrogen-bond acceptors (Lipinski definition) is 2. The van der Waals surface area contributed by atoms with Crippen LogP contribution in [0.2, 0.25) is 0 Å². The van der Waals surface area contributed by atoms with Gasteiger partial charge < -0.3 is 4.90 Å². The second-order valence-corrected chi connectivity index (χ2v) is 6.50. The van der Waals surface area contributed by atoms with E-state index in [9.17, 15) is 4.79 Å². The normalized spacial score (nSPS) is 27.6. The zero-order chi connectivity index (χ0) is 14.3. The highest BCUT2D eigenvalue weighted by Gasteiger charge is 2.36. The van der Waals surface area contributed by atoms with Crippen molar-refractivity contribution in [1.82, 2.24) is 9.80 Å². The number of piperazine rings is 1. The third kappa shape index (κ3) is 2.35. The fraction of sp³-hybridized carbons (Fsp3) is 0.588. The number of hydrogen-bond donors (Lipinski definition) is 0. The van der Waals surface area contributed by atoms with E-state index in [0.29, 0.717) is 18.0 Å². The highest BCUT2D eigenvalue weighted by Crippen LogP contribution is 2.29. The van der Waals surface area contributed by atoms with Crippen LogP contribution in [0.4, 0.5) is 0 Å². The van der Waals surface area contributed by atoms with Gasteiger partial charge in [-0.3, -0.25) is 9.69 Å². The lowest BCUT2D eigenvalue weighted by molar-refractivity contribution is -0.140. The number of benzene rings is 1. The average molecular weight is 272 g/mol. The lowest BCUT2D eigenvalue weighted by atomic mass is 10.0. The molecule has 0 bridgehead atoms. The first-order valence-corrected chi connectivity index (χ1v) is 7.63. The average Bonchev–Trinajstić information content (AvgIpc) is 2.86. The molecule has 2 atom stereocenters. The Morgan fingerprint density at radius 1 is 1.05 bits per heavy atom. The quantitative estimate of drug-likeness (QED) is 0.780. The first kappa shape index (κ1) is 13.6. The molecule has 1 fully saturated rings. The molecule has 0 radical (unpaired) electrons. The number of fused-ring (bicyclic) bond motifs is 1. The van der Waals surface area contributed by atoms with Gasteiger partial charge >= 0.3 is 0 Å². The first-order chi connectivity index (χ1) is 9.56. The molecule has 0 N–H and O–H groups in total. The van der Waals surface area contributed by atoms with Crippen molar-refractivity contribution in [2.45, 2.75) is 38.8 Å². The number of carbonyl (C=O) groups is 1. The molecule has 0 aromatic heterocycles. The number of rotatable bonds is 1. The van der Waals surface area contributed by atoms with E-state index in [1.165, 1.54) is 11.1 Å². The van der Waals surface area contributed by atoms with E-state index in [1.54, 1.807) is 0 Å². The van der Waals surface area contributed by atoms with Gasteiger partial charge in [0.25, 0.3) is 0 Å². The molecule has 3 nitrogen and oxygen atoms in total.